The van der Waals surface area contributed by atoms with Crippen molar-refractivity contribution in [3.8, 4) is 0 Å². The van der Waals surface area contributed by atoms with Crippen LogP contribution in [0.2, 0.25) is 0 Å². The highest BCUT2D eigenvalue weighted by atomic mass is 32.1. The number of aromatic amines is 1. The number of H-pyrrole nitrogens is 1. The van der Waals surface area contributed by atoms with Crippen molar-refractivity contribution in [3.05, 3.63) is 53.2 Å². The van der Waals surface area contributed by atoms with Crippen LogP contribution >= 0.6 is 11.3 Å². The molecular weight excluding hydrogens is 424 g/mol. The van der Waals surface area contributed by atoms with Gasteiger partial charge in [0.15, 0.2) is 5.13 Å². The van der Waals surface area contributed by atoms with Gasteiger partial charge in [-0.3, -0.25) is 19.8 Å². The van der Waals surface area contributed by atoms with Crippen molar-refractivity contribution < 1.29 is 9.59 Å². The number of thiazole rings is 1. The number of hydrogen-bond donors (Lipinski definition) is 3. The molecule has 1 aliphatic carbocycles. The molecule has 8 nitrogen and oxygen atoms in total. The third kappa shape index (κ3) is 6.48. The average molecular weight is 455 g/mol. The minimum atomic E-state index is -0.251. The number of carbonyl (C=O) groups excluding carboxylic acids is 2. The summed E-state index contributed by atoms with van der Waals surface area (Å²) in [6.07, 6.45) is 7.67. The normalized spacial score (nSPS) is 15.0. The van der Waals surface area contributed by atoms with E-state index in [2.05, 4.69) is 58.2 Å². The number of aromatic nitrogens is 2. The summed E-state index contributed by atoms with van der Waals surface area (Å²) in [5.41, 5.74) is 1.68. The zero-order chi connectivity index (χ0) is 23.1. The topological polar surface area (TPSA) is 102 Å². The van der Waals surface area contributed by atoms with E-state index in [4.69, 9.17) is 0 Å². The van der Waals surface area contributed by atoms with Gasteiger partial charge in [-0.15, -0.1) is 11.3 Å². The minimum Gasteiger partial charge on any atom is -0.349 e. The molecule has 0 unspecified atom stereocenters. The summed E-state index contributed by atoms with van der Waals surface area (Å²) >= 11 is 1.23. The molecule has 3 N–H and O–H groups in total. The van der Waals surface area contributed by atoms with E-state index in [1.807, 2.05) is 18.2 Å². The molecule has 2 amide bonds. The fraction of sp³-hybridized carbons (Fsp3) is 0.391. The van der Waals surface area contributed by atoms with E-state index in [1.165, 1.54) is 11.3 Å². The van der Waals surface area contributed by atoms with Crippen LogP contribution in [0.5, 0.6) is 0 Å². The molecule has 2 heterocycles. The summed E-state index contributed by atoms with van der Waals surface area (Å²) in [5, 5.41) is 7.74. The van der Waals surface area contributed by atoms with Crippen molar-refractivity contribution in [2.24, 2.45) is 4.99 Å². The van der Waals surface area contributed by atoms with E-state index in [0.29, 0.717) is 41.4 Å². The number of nitrogens with zero attached hydrogens (tertiary/aromatic N) is 3. The summed E-state index contributed by atoms with van der Waals surface area (Å²) in [6, 6.07) is 4.55. The van der Waals surface area contributed by atoms with Gasteiger partial charge in [-0.2, -0.15) is 0 Å². The molecule has 0 radical (unpaired) electrons. The maximum absolute atomic E-state index is 12.7. The Labute approximate surface area is 192 Å². The standard InChI is InChI=1S/C23H30N6O2S/c1-15(2)29(16(3)4)12-11-25-22(31)19-14-32-23(27-19)28-21(30)17-7-5-8-18(13-17)26-20-9-6-10-24-20/h5-10,14-16,24H,11-13H2,1-4H3,(H,25,31)(H,27,28,30)/b26-18+. The van der Waals surface area contributed by atoms with Gasteiger partial charge in [-0.05, 0) is 45.9 Å². The number of hydrogen-bond acceptors (Lipinski definition) is 6. The van der Waals surface area contributed by atoms with Gasteiger partial charge >= 0.3 is 0 Å². The molecule has 0 bridgehead atoms. The SMILES string of the molecule is CC(C)N(CCNC(=O)c1csc(NC(=O)C2=CC=C/C(=N\c3ccc[nH]3)C2)n1)C(C)C. The van der Waals surface area contributed by atoms with Gasteiger partial charge in [0.1, 0.15) is 11.5 Å². The molecule has 0 atom stereocenters. The zero-order valence-electron chi connectivity index (χ0n) is 18.9. The van der Waals surface area contributed by atoms with Crippen molar-refractivity contribution >= 4 is 39.8 Å². The first kappa shape index (κ1) is 23.6. The second-order valence-corrected chi connectivity index (χ2v) is 8.92. The molecule has 0 aromatic carbocycles. The number of allylic oxidation sites excluding steroid dienone is 3. The maximum Gasteiger partial charge on any atom is 0.270 e. The van der Waals surface area contributed by atoms with Crippen LogP contribution in [0.15, 0.2) is 52.5 Å². The largest absolute Gasteiger partial charge is 0.349 e. The van der Waals surface area contributed by atoms with Crippen LogP contribution < -0.4 is 10.6 Å². The highest BCUT2D eigenvalue weighted by molar-refractivity contribution is 7.14. The monoisotopic (exact) mass is 454 g/mol. The lowest BCUT2D eigenvalue weighted by atomic mass is 10.0. The number of amides is 2. The average Bonchev–Trinajstić information content (AvgIpc) is 3.43. The van der Waals surface area contributed by atoms with Crippen LogP contribution in [0.3, 0.4) is 0 Å². The fourth-order valence-corrected chi connectivity index (χ4v) is 4.17. The van der Waals surface area contributed by atoms with Gasteiger partial charge in [0.25, 0.3) is 11.8 Å². The molecule has 0 fully saturated rings. The smallest absolute Gasteiger partial charge is 0.270 e. The van der Waals surface area contributed by atoms with E-state index in [-0.39, 0.29) is 11.8 Å². The van der Waals surface area contributed by atoms with Crippen LogP contribution in [0.4, 0.5) is 10.9 Å². The Balaban J connectivity index is 1.52. The first-order valence-corrected chi connectivity index (χ1v) is 11.6. The molecule has 0 spiro atoms. The summed E-state index contributed by atoms with van der Waals surface area (Å²) in [6.45, 7) is 9.88. The third-order valence-corrected chi connectivity index (χ3v) is 5.79. The number of nitrogens with one attached hydrogen (secondary N) is 3. The van der Waals surface area contributed by atoms with Crippen molar-refractivity contribution in [2.45, 2.75) is 46.2 Å². The molecule has 2 aromatic heterocycles. The van der Waals surface area contributed by atoms with Gasteiger partial charge in [-0.1, -0.05) is 12.2 Å². The maximum atomic E-state index is 12.7. The van der Waals surface area contributed by atoms with Crippen molar-refractivity contribution in [1.29, 1.82) is 0 Å². The van der Waals surface area contributed by atoms with Gasteiger partial charge in [0.05, 0.1) is 0 Å². The zero-order valence-corrected chi connectivity index (χ0v) is 19.7. The Morgan fingerprint density at radius 3 is 2.72 bits per heavy atom. The quantitative estimate of drug-likeness (QED) is 0.534. The molecular formula is C23H30N6O2S. The third-order valence-electron chi connectivity index (χ3n) is 5.03. The second-order valence-electron chi connectivity index (χ2n) is 8.06. The number of carbonyl (C=O) groups is 2. The molecule has 3 rings (SSSR count). The first-order valence-electron chi connectivity index (χ1n) is 10.7. The molecule has 0 saturated heterocycles. The number of rotatable bonds is 9. The Kier molecular flexibility index (Phi) is 8.13. The molecule has 0 aliphatic heterocycles. The van der Waals surface area contributed by atoms with E-state index in [1.54, 1.807) is 23.7 Å². The van der Waals surface area contributed by atoms with Gasteiger partial charge in [0, 0.05) is 54.5 Å². The summed E-state index contributed by atoms with van der Waals surface area (Å²) in [5.74, 6) is 0.251. The number of aliphatic imine (C=N–C) groups is 1. The lowest BCUT2D eigenvalue weighted by molar-refractivity contribution is -0.112. The Bertz CT molecular complexity index is 1010. The van der Waals surface area contributed by atoms with E-state index in [0.717, 1.165) is 18.1 Å². The van der Waals surface area contributed by atoms with Crippen molar-refractivity contribution in [2.75, 3.05) is 18.4 Å². The van der Waals surface area contributed by atoms with Gasteiger partial charge in [-0.25, -0.2) is 9.98 Å². The molecule has 32 heavy (non-hydrogen) atoms. The van der Waals surface area contributed by atoms with Crippen molar-refractivity contribution in [1.82, 2.24) is 20.2 Å². The van der Waals surface area contributed by atoms with Crippen molar-refractivity contribution in [3.63, 3.8) is 0 Å². The lowest BCUT2D eigenvalue weighted by Crippen LogP contribution is -2.42. The van der Waals surface area contributed by atoms with Crippen LogP contribution in [-0.2, 0) is 4.79 Å². The molecule has 9 heteroatoms. The lowest BCUT2D eigenvalue weighted by Gasteiger charge is -2.30. The fourth-order valence-electron chi connectivity index (χ4n) is 3.48. The summed E-state index contributed by atoms with van der Waals surface area (Å²) in [4.78, 5) is 39.2. The second kappa shape index (κ2) is 11.0. The molecule has 2 aromatic rings. The Morgan fingerprint density at radius 1 is 1.25 bits per heavy atom. The highest BCUT2D eigenvalue weighted by Crippen LogP contribution is 2.20. The molecule has 170 valence electrons. The Morgan fingerprint density at radius 2 is 2.03 bits per heavy atom. The summed E-state index contributed by atoms with van der Waals surface area (Å²) in [7, 11) is 0. The molecule has 0 saturated carbocycles. The van der Waals surface area contributed by atoms with Crippen LogP contribution in [0.1, 0.15) is 44.6 Å². The first-order chi connectivity index (χ1) is 15.3. The minimum absolute atomic E-state index is 0.241. The van der Waals surface area contributed by atoms with Crippen LogP contribution in [0, 0.1) is 0 Å². The van der Waals surface area contributed by atoms with E-state index in [9.17, 15) is 9.59 Å². The van der Waals surface area contributed by atoms with E-state index < -0.39 is 0 Å². The predicted molar refractivity (Wildman–Crippen MR) is 130 cm³/mol. The van der Waals surface area contributed by atoms with E-state index >= 15 is 0 Å². The summed E-state index contributed by atoms with van der Waals surface area (Å²) < 4.78 is 0. The van der Waals surface area contributed by atoms with Crippen LogP contribution in [-0.4, -0.2) is 57.6 Å². The van der Waals surface area contributed by atoms with Crippen LogP contribution in [0.25, 0.3) is 0 Å². The highest BCUT2D eigenvalue weighted by Gasteiger charge is 2.18. The predicted octanol–water partition coefficient (Wildman–Crippen LogP) is 3.92. The Hall–Kier alpha value is -3.04. The van der Waals surface area contributed by atoms with Gasteiger partial charge < -0.3 is 10.3 Å². The van der Waals surface area contributed by atoms with Gasteiger partial charge in [0.2, 0.25) is 0 Å². The number of anilines is 1. The molecule has 1 aliphatic rings.